The quantitative estimate of drug-likeness (QED) is 0.860. The lowest BCUT2D eigenvalue weighted by Crippen LogP contribution is -2.29. The second-order valence-electron chi connectivity index (χ2n) is 5.16. The van der Waals surface area contributed by atoms with E-state index < -0.39 is 0 Å². The SMILES string of the molecule is CCCc1cc(NC[C@H]2CCCN2)n2nccc2n1. The smallest absolute Gasteiger partial charge is 0.157 e. The Balaban J connectivity index is 1.80. The predicted molar refractivity (Wildman–Crippen MR) is 76.5 cm³/mol. The summed E-state index contributed by atoms with van der Waals surface area (Å²) in [6.45, 7) is 4.27. The van der Waals surface area contributed by atoms with Crippen LogP contribution in [-0.4, -0.2) is 33.7 Å². The first kappa shape index (κ1) is 12.4. The average Bonchev–Trinajstić information content (AvgIpc) is 3.07. The average molecular weight is 259 g/mol. The van der Waals surface area contributed by atoms with Gasteiger partial charge in [-0.15, -0.1) is 0 Å². The summed E-state index contributed by atoms with van der Waals surface area (Å²) >= 11 is 0. The van der Waals surface area contributed by atoms with E-state index in [0.717, 1.165) is 43.1 Å². The van der Waals surface area contributed by atoms with Crippen LogP contribution in [-0.2, 0) is 6.42 Å². The van der Waals surface area contributed by atoms with Crippen molar-refractivity contribution in [2.24, 2.45) is 0 Å². The number of aryl methyl sites for hydroxylation is 1. The fraction of sp³-hybridized carbons (Fsp3) is 0.571. The van der Waals surface area contributed by atoms with E-state index >= 15 is 0 Å². The van der Waals surface area contributed by atoms with Crippen LogP contribution >= 0.6 is 0 Å². The number of anilines is 1. The summed E-state index contributed by atoms with van der Waals surface area (Å²) in [5.74, 6) is 1.05. The maximum absolute atomic E-state index is 4.61. The predicted octanol–water partition coefficient (Wildman–Crippen LogP) is 1.85. The van der Waals surface area contributed by atoms with E-state index in [0.29, 0.717) is 6.04 Å². The Morgan fingerprint density at radius 2 is 2.47 bits per heavy atom. The van der Waals surface area contributed by atoms with Crippen molar-refractivity contribution >= 4 is 11.5 Å². The summed E-state index contributed by atoms with van der Waals surface area (Å²) in [4.78, 5) is 4.61. The molecule has 102 valence electrons. The molecule has 3 rings (SSSR count). The minimum atomic E-state index is 0.577. The first-order valence-electron chi connectivity index (χ1n) is 7.17. The van der Waals surface area contributed by atoms with Crippen molar-refractivity contribution < 1.29 is 0 Å². The van der Waals surface area contributed by atoms with Gasteiger partial charge in [0.05, 0.1) is 6.20 Å². The highest BCUT2D eigenvalue weighted by Gasteiger charge is 2.14. The molecule has 19 heavy (non-hydrogen) atoms. The molecule has 0 aromatic carbocycles. The van der Waals surface area contributed by atoms with Gasteiger partial charge >= 0.3 is 0 Å². The van der Waals surface area contributed by atoms with E-state index in [1.807, 2.05) is 10.6 Å². The lowest BCUT2D eigenvalue weighted by Gasteiger charge is -2.14. The van der Waals surface area contributed by atoms with E-state index in [9.17, 15) is 0 Å². The summed E-state index contributed by atoms with van der Waals surface area (Å²) < 4.78 is 1.88. The van der Waals surface area contributed by atoms with Gasteiger partial charge in [-0.1, -0.05) is 13.3 Å². The minimum absolute atomic E-state index is 0.577. The molecule has 0 radical (unpaired) electrons. The maximum atomic E-state index is 4.61. The zero-order valence-corrected chi connectivity index (χ0v) is 11.4. The van der Waals surface area contributed by atoms with Crippen molar-refractivity contribution in [3.63, 3.8) is 0 Å². The van der Waals surface area contributed by atoms with Crippen LogP contribution in [0.25, 0.3) is 5.65 Å². The van der Waals surface area contributed by atoms with Crippen LogP contribution in [0.3, 0.4) is 0 Å². The lowest BCUT2D eigenvalue weighted by molar-refractivity contribution is 0.630. The van der Waals surface area contributed by atoms with Crippen molar-refractivity contribution in [1.82, 2.24) is 19.9 Å². The Bertz CT molecular complexity index is 542. The number of nitrogens with one attached hydrogen (secondary N) is 2. The van der Waals surface area contributed by atoms with Crippen molar-refractivity contribution in [2.75, 3.05) is 18.4 Å². The lowest BCUT2D eigenvalue weighted by atomic mass is 10.2. The van der Waals surface area contributed by atoms with Gasteiger partial charge in [0.2, 0.25) is 0 Å². The van der Waals surface area contributed by atoms with Crippen LogP contribution in [0.2, 0.25) is 0 Å². The zero-order chi connectivity index (χ0) is 13.1. The molecule has 1 fully saturated rings. The van der Waals surface area contributed by atoms with Crippen LogP contribution in [0.5, 0.6) is 0 Å². The van der Waals surface area contributed by atoms with E-state index in [1.165, 1.54) is 12.8 Å². The fourth-order valence-electron chi connectivity index (χ4n) is 2.63. The van der Waals surface area contributed by atoms with Crippen LogP contribution in [0, 0.1) is 0 Å². The molecule has 0 saturated carbocycles. The monoisotopic (exact) mass is 259 g/mol. The second-order valence-corrected chi connectivity index (χ2v) is 5.16. The molecule has 5 nitrogen and oxygen atoms in total. The minimum Gasteiger partial charge on any atom is -0.368 e. The van der Waals surface area contributed by atoms with Gasteiger partial charge in [-0.05, 0) is 25.8 Å². The molecule has 1 aliphatic heterocycles. The van der Waals surface area contributed by atoms with Gasteiger partial charge in [-0.3, -0.25) is 0 Å². The molecule has 0 amide bonds. The number of hydrogen-bond acceptors (Lipinski definition) is 4. The highest BCUT2D eigenvalue weighted by Crippen LogP contribution is 2.14. The maximum Gasteiger partial charge on any atom is 0.157 e. The van der Waals surface area contributed by atoms with Crippen molar-refractivity contribution in [3.8, 4) is 0 Å². The molecule has 1 atom stereocenters. The molecule has 3 heterocycles. The third-order valence-corrected chi connectivity index (χ3v) is 3.61. The first-order valence-corrected chi connectivity index (χ1v) is 7.17. The fourth-order valence-corrected chi connectivity index (χ4v) is 2.63. The second kappa shape index (κ2) is 5.57. The molecule has 0 unspecified atom stereocenters. The summed E-state index contributed by atoms with van der Waals surface area (Å²) in [6.07, 6.45) is 6.46. The van der Waals surface area contributed by atoms with Crippen molar-refractivity contribution in [1.29, 1.82) is 0 Å². The Morgan fingerprint density at radius 1 is 1.53 bits per heavy atom. The number of hydrogen-bond donors (Lipinski definition) is 2. The highest BCUT2D eigenvalue weighted by atomic mass is 15.3. The molecule has 0 spiro atoms. The molecule has 0 bridgehead atoms. The Labute approximate surface area is 113 Å². The van der Waals surface area contributed by atoms with Gasteiger partial charge in [-0.25, -0.2) is 4.98 Å². The molecular weight excluding hydrogens is 238 g/mol. The van der Waals surface area contributed by atoms with E-state index in [1.54, 1.807) is 6.20 Å². The number of nitrogens with zero attached hydrogens (tertiary/aromatic N) is 3. The van der Waals surface area contributed by atoms with Gasteiger partial charge < -0.3 is 10.6 Å². The Hall–Kier alpha value is -1.62. The number of rotatable bonds is 5. The Kier molecular flexibility index (Phi) is 3.64. The summed E-state index contributed by atoms with van der Waals surface area (Å²) in [5.41, 5.74) is 2.06. The van der Waals surface area contributed by atoms with Crippen molar-refractivity contribution in [2.45, 2.75) is 38.6 Å². The molecule has 0 aliphatic carbocycles. The summed E-state index contributed by atoms with van der Waals surface area (Å²) in [7, 11) is 0. The van der Waals surface area contributed by atoms with Crippen LogP contribution in [0.1, 0.15) is 31.9 Å². The first-order chi connectivity index (χ1) is 9.36. The van der Waals surface area contributed by atoms with E-state index in [2.05, 4.69) is 33.7 Å². The topological polar surface area (TPSA) is 54.2 Å². The standard InChI is InChI=1S/C14H21N5/c1-2-4-11-9-14(16-10-12-5-3-7-15-12)19-13(18-11)6-8-17-19/h6,8-9,12,15-16H,2-5,7,10H2,1H3/t12-/m1/s1. The van der Waals surface area contributed by atoms with Crippen LogP contribution in [0.15, 0.2) is 18.3 Å². The summed E-state index contributed by atoms with van der Waals surface area (Å²) in [6, 6.07) is 4.66. The van der Waals surface area contributed by atoms with Crippen LogP contribution < -0.4 is 10.6 Å². The summed E-state index contributed by atoms with van der Waals surface area (Å²) in [5, 5.41) is 11.3. The third-order valence-electron chi connectivity index (χ3n) is 3.61. The molecule has 1 saturated heterocycles. The zero-order valence-electron chi connectivity index (χ0n) is 11.4. The van der Waals surface area contributed by atoms with Gasteiger partial charge in [0, 0.05) is 30.4 Å². The van der Waals surface area contributed by atoms with Gasteiger partial charge in [-0.2, -0.15) is 9.61 Å². The Morgan fingerprint density at radius 3 is 3.26 bits per heavy atom. The van der Waals surface area contributed by atoms with Crippen molar-refractivity contribution in [3.05, 3.63) is 24.0 Å². The molecule has 2 N–H and O–H groups in total. The van der Waals surface area contributed by atoms with E-state index in [-0.39, 0.29) is 0 Å². The highest BCUT2D eigenvalue weighted by molar-refractivity contribution is 5.49. The van der Waals surface area contributed by atoms with Gasteiger partial charge in [0.15, 0.2) is 5.65 Å². The van der Waals surface area contributed by atoms with Gasteiger partial charge in [0.25, 0.3) is 0 Å². The third kappa shape index (κ3) is 2.71. The molecular formula is C14H21N5. The molecule has 1 aliphatic rings. The normalized spacial score (nSPS) is 19.1. The van der Waals surface area contributed by atoms with Gasteiger partial charge in [0.1, 0.15) is 5.82 Å². The number of aromatic nitrogens is 3. The van der Waals surface area contributed by atoms with E-state index in [4.69, 9.17) is 0 Å². The molecule has 2 aromatic heterocycles. The number of fused-ring (bicyclic) bond motifs is 1. The molecule has 2 aromatic rings. The molecule has 5 heteroatoms. The van der Waals surface area contributed by atoms with Crippen LogP contribution in [0.4, 0.5) is 5.82 Å². The largest absolute Gasteiger partial charge is 0.368 e.